The number of pyridine rings is 1. The second-order valence-electron chi connectivity index (χ2n) is 7.47. The number of aryl methyl sites for hydroxylation is 1. The first kappa shape index (κ1) is 18.1. The molecule has 0 saturated heterocycles. The Labute approximate surface area is 162 Å². The largest absolute Gasteiger partial charge is 0.352 e. The average molecular weight is 377 g/mol. The first-order valence-corrected chi connectivity index (χ1v) is 9.36. The van der Waals surface area contributed by atoms with Crippen molar-refractivity contribution in [1.29, 1.82) is 0 Å². The van der Waals surface area contributed by atoms with Crippen LogP contribution in [0.2, 0.25) is 0 Å². The third-order valence-corrected chi connectivity index (χ3v) is 4.52. The van der Waals surface area contributed by atoms with Crippen LogP contribution < -0.4 is 10.9 Å². The number of nitrogens with one attached hydrogen (secondary N) is 2. The summed E-state index contributed by atoms with van der Waals surface area (Å²) < 4.78 is 1.68. The molecule has 144 valence electrons. The van der Waals surface area contributed by atoms with E-state index in [2.05, 4.69) is 30.2 Å². The van der Waals surface area contributed by atoms with Crippen LogP contribution in [-0.2, 0) is 0 Å². The highest BCUT2D eigenvalue weighted by Crippen LogP contribution is 2.23. The maximum absolute atomic E-state index is 13.3. The smallest absolute Gasteiger partial charge is 0.279 e. The Morgan fingerprint density at radius 2 is 1.93 bits per heavy atom. The van der Waals surface area contributed by atoms with Gasteiger partial charge in [0, 0.05) is 35.4 Å². The number of aromatic amines is 1. The Bertz CT molecular complexity index is 1240. The summed E-state index contributed by atoms with van der Waals surface area (Å²) in [6, 6.07) is 3.94. The number of nitrogens with zero attached hydrogens (tertiary/aromatic N) is 5. The predicted octanol–water partition coefficient (Wildman–Crippen LogP) is 3.44. The minimum atomic E-state index is -0.187. The summed E-state index contributed by atoms with van der Waals surface area (Å²) in [5.41, 5.74) is 3.50. The number of rotatable bonds is 4. The lowest BCUT2D eigenvalue weighted by atomic mass is 10.1. The Morgan fingerprint density at radius 3 is 2.64 bits per heavy atom. The van der Waals surface area contributed by atoms with Crippen molar-refractivity contribution in [3.63, 3.8) is 0 Å². The van der Waals surface area contributed by atoms with Crippen LogP contribution >= 0.6 is 0 Å². The number of H-pyrrole nitrogens is 1. The van der Waals surface area contributed by atoms with E-state index >= 15 is 0 Å². The maximum Gasteiger partial charge on any atom is 0.279 e. The van der Waals surface area contributed by atoms with Crippen molar-refractivity contribution >= 4 is 28.1 Å². The molecular weight excluding hydrogens is 354 g/mol. The summed E-state index contributed by atoms with van der Waals surface area (Å²) in [5, 5.41) is 4.14. The molecule has 0 saturated carbocycles. The van der Waals surface area contributed by atoms with Gasteiger partial charge in [-0.3, -0.25) is 9.36 Å². The van der Waals surface area contributed by atoms with Crippen LogP contribution in [0.25, 0.3) is 33.5 Å². The third kappa shape index (κ3) is 3.00. The van der Waals surface area contributed by atoms with Gasteiger partial charge in [-0.15, -0.1) is 0 Å². The second-order valence-corrected chi connectivity index (χ2v) is 7.47. The van der Waals surface area contributed by atoms with Crippen molar-refractivity contribution in [2.24, 2.45) is 0 Å². The summed E-state index contributed by atoms with van der Waals surface area (Å²) in [6.07, 6.45) is 3.49. The van der Waals surface area contributed by atoms with Gasteiger partial charge in [0.25, 0.3) is 5.56 Å². The van der Waals surface area contributed by atoms with Crippen LogP contribution in [0.1, 0.15) is 39.4 Å². The Hall–Kier alpha value is -3.29. The van der Waals surface area contributed by atoms with Crippen LogP contribution in [0.3, 0.4) is 0 Å². The SMILES string of the molecule is Cc1nc(NC(C)C)nc2c1nc(-c1cnc3[nH]ccc3c1)c(=O)n2C(C)C. The first-order chi connectivity index (χ1) is 13.3. The molecule has 4 aromatic rings. The molecule has 0 fully saturated rings. The maximum atomic E-state index is 13.3. The zero-order valence-electron chi connectivity index (χ0n) is 16.6. The lowest BCUT2D eigenvalue weighted by molar-refractivity contribution is 0.593. The van der Waals surface area contributed by atoms with E-state index in [1.807, 2.05) is 52.9 Å². The molecule has 8 heteroatoms. The normalized spacial score (nSPS) is 11.8. The standard InChI is InChI=1S/C20H23N7O/c1-10(2)23-20-24-12(5)15-18(26-20)27(11(3)4)19(28)16(25-15)14-8-13-6-7-21-17(13)22-9-14/h6-11H,1-5H3,(H,21,22)(H,23,24,26). The lowest BCUT2D eigenvalue weighted by Crippen LogP contribution is -2.27. The number of anilines is 1. The predicted molar refractivity (Wildman–Crippen MR) is 111 cm³/mol. The summed E-state index contributed by atoms with van der Waals surface area (Å²) in [5.74, 6) is 0.499. The molecule has 4 heterocycles. The molecule has 0 aliphatic heterocycles. The fourth-order valence-corrected chi connectivity index (χ4v) is 3.28. The molecule has 4 aromatic heterocycles. The van der Waals surface area contributed by atoms with Gasteiger partial charge >= 0.3 is 0 Å². The van der Waals surface area contributed by atoms with E-state index in [4.69, 9.17) is 0 Å². The molecule has 0 aliphatic rings. The van der Waals surface area contributed by atoms with Gasteiger partial charge in [0.2, 0.25) is 5.95 Å². The summed E-state index contributed by atoms with van der Waals surface area (Å²) >= 11 is 0. The Morgan fingerprint density at radius 1 is 1.14 bits per heavy atom. The van der Waals surface area contributed by atoms with Crippen LogP contribution in [0, 0.1) is 6.92 Å². The fraction of sp³-hybridized carbons (Fsp3) is 0.350. The van der Waals surface area contributed by atoms with E-state index < -0.39 is 0 Å². The van der Waals surface area contributed by atoms with Crippen molar-refractivity contribution < 1.29 is 0 Å². The van der Waals surface area contributed by atoms with E-state index in [0.29, 0.717) is 28.4 Å². The Kier molecular flexibility index (Phi) is 4.33. The first-order valence-electron chi connectivity index (χ1n) is 9.36. The molecule has 0 aliphatic carbocycles. The van der Waals surface area contributed by atoms with Crippen molar-refractivity contribution in [3.8, 4) is 11.3 Å². The third-order valence-electron chi connectivity index (χ3n) is 4.52. The minimum Gasteiger partial charge on any atom is -0.352 e. The Balaban J connectivity index is 2.02. The van der Waals surface area contributed by atoms with Gasteiger partial charge in [-0.2, -0.15) is 4.98 Å². The average Bonchev–Trinajstić information content (AvgIpc) is 3.08. The number of hydrogen-bond donors (Lipinski definition) is 2. The monoisotopic (exact) mass is 377 g/mol. The van der Waals surface area contributed by atoms with Crippen molar-refractivity contribution in [2.75, 3.05) is 5.32 Å². The zero-order valence-corrected chi connectivity index (χ0v) is 16.6. The van der Waals surface area contributed by atoms with Crippen LogP contribution in [0.15, 0.2) is 29.3 Å². The summed E-state index contributed by atoms with van der Waals surface area (Å²) in [6.45, 7) is 9.85. The van der Waals surface area contributed by atoms with E-state index in [0.717, 1.165) is 16.7 Å². The van der Waals surface area contributed by atoms with Gasteiger partial charge in [0.05, 0.1) is 5.69 Å². The lowest BCUT2D eigenvalue weighted by Gasteiger charge is -2.17. The quantitative estimate of drug-likeness (QED) is 0.565. The fourth-order valence-electron chi connectivity index (χ4n) is 3.28. The highest BCUT2D eigenvalue weighted by Gasteiger charge is 2.19. The highest BCUT2D eigenvalue weighted by atomic mass is 16.1. The second kappa shape index (κ2) is 6.70. The van der Waals surface area contributed by atoms with Crippen molar-refractivity contribution in [3.05, 3.63) is 40.6 Å². The molecule has 0 radical (unpaired) electrons. The molecule has 0 bridgehead atoms. The number of fused-ring (bicyclic) bond motifs is 2. The van der Waals surface area contributed by atoms with E-state index in [-0.39, 0.29) is 17.6 Å². The molecule has 4 rings (SSSR count). The van der Waals surface area contributed by atoms with Crippen LogP contribution in [0.5, 0.6) is 0 Å². The molecule has 0 aromatic carbocycles. The van der Waals surface area contributed by atoms with Crippen LogP contribution in [0.4, 0.5) is 5.95 Å². The van der Waals surface area contributed by atoms with Gasteiger partial charge < -0.3 is 10.3 Å². The number of aromatic nitrogens is 6. The molecule has 0 spiro atoms. The molecule has 0 unspecified atom stereocenters. The van der Waals surface area contributed by atoms with Gasteiger partial charge in [-0.1, -0.05) is 0 Å². The highest BCUT2D eigenvalue weighted by molar-refractivity contribution is 5.82. The molecule has 0 amide bonds. The van der Waals surface area contributed by atoms with Gasteiger partial charge in [0.15, 0.2) is 5.65 Å². The molecule has 2 N–H and O–H groups in total. The van der Waals surface area contributed by atoms with Crippen molar-refractivity contribution in [2.45, 2.75) is 46.7 Å². The topological polar surface area (TPSA) is 101 Å². The van der Waals surface area contributed by atoms with Gasteiger partial charge in [-0.05, 0) is 46.8 Å². The molecular formula is C20H23N7O. The number of hydrogen-bond acceptors (Lipinski definition) is 6. The van der Waals surface area contributed by atoms with Gasteiger partial charge in [-0.25, -0.2) is 15.0 Å². The van der Waals surface area contributed by atoms with Crippen LogP contribution in [-0.4, -0.2) is 35.5 Å². The van der Waals surface area contributed by atoms with E-state index in [1.54, 1.807) is 10.8 Å². The molecule has 8 nitrogen and oxygen atoms in total. The zero-order chi connectivity index (χ0) is 20.0. The molecule has 28 heavy (non-hydrogen) atoms. The van der Waals surface area contributed by atoms with Gasteiger partial charge in [0.1, 0.15) is 16.9 Å². The van der Waals surface area contributed by atoms with E-state index in [9.17, 15) is 4.79 Å². The summed E-state index contributed by atoms with van der Waals surface area (Å²) in [7, 11) is 0. The summed E-state index contributed by atoms with van der Waals surface area (Å²) in [4.78, 5) is 34.6. The molecule has 0 atom stereocenters. The van der Waals surface area contributed by atoms with Crippen molar-refractivity contribution in [1.82, 2.24) is 29.5 Å². The van der Waals surface area contributed by atoms with E-state index in [1.165, 1.54) is 0 Å². The minimum absolute atomic E-state index is 0.0816.